The molecule has 0 aliphatic rings. The van der Waals surface area contributed by atoms with Gasteiger partial charge in [0.1, 0.15) is 11.6 Å². The lowest BCUT2D eigenvalue weighted by molar-refractivity contribution is 0.427. The number of nitrogens with one attached hydrogen (secondary N) is 1. The fraction of sp³-hybridized carbons (Fsp3) is 0.200. The molecule has 0 heterocycles. The highest BCUT2D eigenvalue weighted by Gasteiger charge is 2.15. The first-order valence-corrected chi connectivity index (χ1v) is 6.01. The van der Waals surface area contributed by atoms with Crippen molar-refractivity contribution in [1.29, 1.82) is 0 Å². The summed E-state index contributed by atoms with van der Waals surface area (Å²) in [5.74, 6) is -0.236. The lowest BCUT2D eigenvalue weighted by Gasteiger charge is -2.16. The van der Waals surface area contributed by atoms with Crippen LogP contribution in [0, 0.1) is 11.6 Å². The molecule has 0 spiro atoms. The molecule has 2 nitrogen and oxygen atoms in total. The van der Waals surface area contributed by atoms with Crippen molar-refractivity contribution in [2.75, 3.05) is 7.05 Å². The maximum Gasteiger partial charge on any atom is 0.167 e. The molecule has 2 aromatic carbocycles. The molecule has 0 saturated carbocycles. The highest BCUT2D eigenvalue weighted by Crippen LogP contribution is 2.32. The third-order valence-electron chi connectivity index (χ3n) is 2.93. The Hall–Kier alpha value is -1.94. The van der Waals surface area contributed by atoms with E-state index in [-0.39, 0.29) is 17.6 Å². The molecule has 2 aromatic rings. The van der Waals surface area contributed by atoms with Crippen LogP contribution < -0.4 is 10.1 Å². The van der Waals surface area contributed by atoms with E-state index in [4.69, 9.17) is 4.74 Å². The molecule has 0 fully saturated rings. The summed E-state index contributed by atoms with van der Waals surface area (Å²) in [6, 6.07) is 10.2. The van der Waals surface area contributed by atoms with Crippen molar-refractivity contribution in [3.05, 3.63) is 59.7 Å². The zero-order valence-electron chi connectivity index (χ0n) is 10.8. The van der Waals surface area contributed by atoms with E-state index in [9.17, 15) is 8.78 Å². The first-order chi connectivity index (χ1) is 9.11. The Morgan fingerprint density at radius 1 is 1.05 bits per heavy atom. The Morgan fingerprint density at radius 3 is 2.37 bits per heavy atom. The quantitative estimate of drug-likeness (QED) is 0.899. The molecule has 100 valence electrons. The van der Waals surface area contributed by atoms with Crippen molar-refractivity contribution in [1.82, 2.24) is 5.32 Å². The van der Waals surface area contributed by atoms with Crippen molar-refractivity contribution in [2.45, 2.75) is 13.0 Å². The largest absolute Gasteiger partial charge is 0.454 e. The number of para-hydroxylation sites is 1. The van der Waals surface area contributed by atoms with Crippen LogP contribution in [0.25, 0.3) is 0 Å². The van der Waals surface area contributed by atoms with E-state index in [1.54, 1.807) is 19.2 Å². The molecule has 0 aliphatic heterocycles. The van der Waals surface area contributed by atoms with E-state index in [1.165, 1.54) is 30.3 Å². The van der Waals surface area contributed by atoms with Gasteiger partial charge in [0, 0.05) is 11.6 Å². The van der Waals surface area contributed by atoms with Crippen LogP contribution in [-0.2, 0) is 0 Å². The van der Waals surface area contributed by atoms with Crippen molar-refractivity contribution >= 4 is 0 Å². The minimum absolute atomic E-state index is 0.0499. The lowest BCUT2D eigenvalue weighted by atomic mass is 10.1. The first-order valence-electron chi connectivity index (χ1n) is 6.01. The number of ether oxygens (including phenoxy) is 1. The van der Waals surface area contributed by atoms with Crippen LogP contribution in [0.2, 0.25) is 0 Å². The molecule has 19 heavy (non-hydrogen) atoms. The number of halogens is 2. The van der Waals surface area contributed by atoms with Crippen molar-refractivity contribution < 1.29 is 13.5 Å². The minimum atomic E-state index is -0.441. The second-order valence-electron chi connectivity index (χ2n) is 4.22. The third kappa shape index (κ3) is 3.09. The molecule has 4 heteroatoms. The first kappa shape index (κ1) is 13.5. The molecule has 1 N–H and O–H groups in total. The molecule has 2 rings (SSSR count). The van der Waals surface area contributed by atoms with Crippen LogP contribution in [0.1, 0.15) is 18.5 Å². The maximum absolute atomic E-state index is 13.9. The average Bonchev–Trinajstić information content (AvgIpc) is 2.42. The highest BCUT2D eigenvalue weighted by atomic mass is 19.1. The number of hydrogen-bond acceptors (Lipinski definition) is 2. The SMILES string of the molecule is CNC(C)c1cccc(F)c1Oc1ccc(F)cc1. The molecule has 0 amide bonds. The van der Waals surface area contributed by atoms with Crippen LogP contribution in [0.3, 0.4) is 0 Å². The molecule has 0 saturated heterocycles. The van der Waals surface area contributed by atoms with Gasteiger partial charge in [0.05, 0.1) is 0 Å². The highest BCUT2D eigenvalue weighted by molar-refractivity contribution is 5.40. The van der Waals surface area contributed by atoms with Gasteiger partial charge in [-0.3, -0.25) is 0 Å². The van der Waals surface area contributed by atoms with Gasteiger partial charge in [-0.2, -0.15) is 0 Å². The van der Waals surface area contributed by atoms with Crippen LogP contribution in [0.5, 0.6) is 11.5 Å². The summed E-state index contributed by atoms with van der Waals surface area (Å²) < 4.78 is 32.2. The van der Waals surface area contributed by atoms with Crippen molar-refractivity contribution in [3.8, 4) is 11.5 Å². The number of hydrogen-bond donors (Lipinski definition) is 1. The van der Waals surface area contributed by atoms with Gasteiger partial charge in [-0.25, -0.2) is 8.78 Å². The van der Waals surface area contributed by atoms with Crippen molar-refractivity contribution in [3.63, 3.8) is 0 Å². The molecular formula is C15H15F2NO. The van der Waals surface area contributed by atoms with E-state index < -0.39 is 5.82 Å². The Labute approximate surface area is 111 Å². The topological polar surface area (TPSA) is 21.3 Å². The van der Waals surface area contributed by atoms with E-state index >= 15 is 0 Å². The fourth-order valence-electron chi connectivity index (χ4n) is 1.75. The summed E-state index contributed by atoms with van der Waals surface area (Å²) in [7, 11) is 1.79. The fourth-order valence-corrected chi connectivity index (χ4v) is 1.75. The van der Waals surface area contributed by atoms with Gasteiger partial charge in [-0.1, -0.05) is 12.1 Å². The number of rotatable bonds is 4. The summed E-state index contributed by atoms with van der Waals surface area (Å²) >= 11 is 0. The van der Waals surface area contributed by atoms with E-state index in [0.717, 1.165) is 0 Å². The Kier molecular flexibility index (Phi) is 4.12. The summed E-state index contributed by atoms with van der Waals surface area (Å²) in [5.41, 5.74) is 0.715. The summed E-state index contributed by atoms with van der Waals surface area (Å²) in [6.45, 7) is 1.91. The average molecular weight is 263 g/mol. The standard InChI is InChI=1S/C15H15F2NO/c1-10(18-2)13-4-3-5-14(17)15(13)19-12-8-6-11(16)7-9-12/h3-10,18H,1-2H3. The van der Waals surface area contributed by atoms with Gasteiger partial charge >= 0.3 is 0 Å². The Bertz CT molecular complexity index is 555. The van der Waals surface area contributed by atoms with Gasteiger partial charge in [0.15, 0.2) is 11.6 Å². The predicted octanol–water partition coefficient (Wildman–Crippen LogP) is 4.04. The second-order valence-corrected chi connectivity index (χ2v) is 4.22. The van der Waals surface area contributed by atoms with E-state index in [1.807, 2.05) is 6.92 Å². The maximum atomic E-state index is 13.9. The zero-order chi connectivity index (χ0) is 13.8. The summed E-state index contributed by atoms with van der Waals surface area (Å²) in [4.78, 5) is 0. The normalized spacial score (nSPS) is 12.2. The minimum Gasteiger partial charge on any atom is -0.454 e. The van der Waals surface area contributed by atoms with Gasteiger partial charge in [-0.05, 0) is 44.3 Å². The lowest BCUT2D eigenvalue weighted by Crippen LogP contribution is -2.13. The van der Waals surface area contributed by atoms with Crippen LogP contribution in [0.4, 0.5) is 8.78 Å². The summed E-state index contributed by atoms with van der Waals surface area (Å²) in [6.07, 6.45) is 0. The van der Waals surface area contributed by atoms with Crippen molar-refractivity contribution in [2.24, 2.45) is 0 Å². The van der Waals surface area contributed by atoms with E-state index in [2.05, 4.69) is 5.32 Å². The third-order valence-corrected chi connectivity index (χ3v) is 2.93. The van der Waals surface area contributed by atoms with Crippen LogP contribution in [0.15, 0.2) is 42.5 Å². The van der Waals surface area contributed by atoms with Crippen LogP contribution >= 0.6 is 0 Å². The van der Waals surface area contributed by atoms with Gasteiger partial charge < -0.3 is 10.1 Å². The monoisotopic (exact) mass is 263 g/mol. The van der Waals surface area contributed by atoms with Gasteiger partial charge in [0.25, 0.3) is 0 Å². The molecule has 0 bridgehead atoms. The molecule has 1 unspecified atom stereocenters. The summed E-state index contributed by atoms with van der Waals surface area (Å²) in [5, 5.41) is 3.04. The molecule has 0 aromatic heterocycles. The molecule has 0 aliphatic carbocycles. The van der Waals surface area contributed by atoms with E-state index in [0.29, 0.717) is 11.3 Å². The Balaban J connectivity index is 2.35. The van der Waals surface area contributed by atoms with Gasteiger partial charge in [0.2, 0.25) is 0 Å². The molecule has 1 atom stereocenters. The van der Waals surface area contributed by atoms with Gasteiger partial charge in [-0.15, -0.1) is 0 Å². The zero-order valence-corrected chi connectivity index (χ0v) is 10.8. The predicted molar refractivity (Wildman–Crippen MR) is 70.3 cm³/mol. The van der Waals surface area contributed by atoms with Crippen LogP contribution in [-0.4, -0.2) is 7.05 Å². The molecular weight excluding hydrogens is 248 g/mol. The smallest absolute Gasteiger partial charge is 0.167 e. The second kappa shape index (κ2) is 5.80. The molecule has 0 radical (unpaired) electrons. The Morgan fingerprint density at radius 2 is 1.74 bits per heavy atom. The number of benzene rings is 2.